The van der Waals surface area contributed by atoms with E-state index in [0.717, 1.165) is 19.6 Å². The molecule has 5 aliphatic heterocycles. The number of amides is 10. The summed E-state index contributed by atoms with van der Waals surface area (Å²) in [6.45, 7) is 16.9. The van der Waals surface area contributed by atoms with Crippen LogP contribution >= 0.6 is 0 Å². The molecule has 90 heavy (non-hydrogen) atoms. The number of nitrogens with two attached hydrogens (primary N) is 1. The quantitative estimate of drug-likeness (QED) is 0.115. The van der Waals surface area contributed by atoms with Crippen LogP contribution in [0.4, 0.5) is 5.69 Å². The number of hydrogen-bond acceptors (Lipinski definition) is 19. The minimum Gasteiger partial charge on any atom is -0.458 e. The molecule has 0 bridgehead atoms. The van der Waals surface area contributed by atoms with E-state index < -0.39 is 203 Å². The van der Waals surface area contributed by atoms with Gasteiger partial charge in [-0.05, 0) is 83.8 Å². The standard InChI is InChI=1S/C61H82N12O17/c1-25(2)42-58(84)72-22-34(74)21-37(72)57(83)69(14)23-38(75)70(15)31(10)60(86)88-32(11)45(55(81)64-42)67-53(79)40-41(62)49(77)30(9)51-47(40)63-46-35(19-17-28(7)50(46)90-51)52(78)66-44-33(12)89-61(87)48(27(5)6)71(16)39(76)24-68(13)56(82)36-20-18-29(8)73(36)59(85)43(26(3)4)65-54(44)80/h17,19,25-27,29,31-33,36-37,42-45,48H,18,20-24,62H2,1-16H3,(H,64,81)(H,65,80)(H,66,78)(H,67,79). The van der Waals surface area contributed by atoms with E-state index in [1.54, 1.807) is 55.4 Å². The molecule has 7 rings (SSSR count). The van der Waals surface area contributed by atoms with E-state index in [1.165, 1.54) is 77.8 Å². The molecule has 6 aliphatic rings. The molecule has 10 amide bonds. The third-order valence-electron chi connectivity index (χ3n) is 17.4. The summed E-state index contributed by atoms with van der Waals surface area (Å²) in [5.41, 5.74) is 3.27. The second-order valence-corrected chi connectivity index (χ2v) is 25.1. The average Bonchev–Trinajstić information content (AvgIpc) is 0.905. The minimum absolute atomic E-state index is 0.0992. The number of ether oxygens (including phenoxy) is 2. The molecule has 4 saturated heterocycles. The summed E-state index contributed by atoms with van der Waals surface area (Å²) in [4.78, 5) is 211. The first-order chi connectivity index (χ1) is 42.0. The van der Waals surface area contributed by atoms with Crippen LogP contribution in [-0.4, -0.2) is 226 Å². The van der Waals surface area contributed by atoms with Crippen molar-refractivity contribution in [2.75, 3.05) is 53.6 Å². The first-order valence-electron chi connectivity index (χ1n) is 30.0. The molecule has 0 radical (unpaired) electrons. The molecule has 488 valence electrons. The lowest BCUT2D eigenvalue weighted by Gasteiger charge is -2.37. The summed E-state index contributed by atoms with van der Waals surface area (Å²) < 4.78 is 18.1. The van der Waals surface area contributed by atoms with Crippen molar-refractivity contribution in [2.24, 2.45) is 17.8 Å². The van der Waals surface area contributed by atoms with Crippen molar-refractivity contribution >= 4 is 93.6 Å². The van der Waals surface area contributed by atoms with Crippen LogP contribution in [0.1, 0.15) is 120 Å². The SMILES string of the molecule is Cc1c2oc3c(C)ccc(C(=O)NC4C(=O)NC(C(C)C)C(=O)N5C(C)CCC5C(=O)N(C)CC(=O)N(C)C(C(C)C)C(=O)OC4C)c3nc-2c(C(=O)NC2C(=O)NC(C(C)C)C(=O)N3CC(=O)CC3C(=O)N(C)CC(=O)N(C)C(C)C(=O)OC2C)c(N)c1=O. The number of hydrogen-bond donors (Lipinski definition) is 5. The van der Waals surface area contributed by atoms with E-state index in [4.69, 9.17) is 24.6 Å². The number of anilines is 1. The number of rotatable bonds is 7. The van der Waals surface area contributed by atoms with Crippen molar-refractivity contribution in [1.29, 1.82) is 0 Å². The molecule has 1 aromatic rings. The van der Waals surface area contributed by atoms with Gasteiger partial charge in [-0.15, -0.1) is 0 Å². The van der Waals surface area contributed by atoms with Crippen LogP contribution in [0.15, 0.2) is 21.3 Å². The second kappa shape index (κ2) is 27.0. The van der Waals surface area contributed by atoms with Crippen molar-refractivity contribution < 1.29 is 76.2 Å². The van der Waals surface area contributed by atoms with Gasteiger partial charge in [0.2, 0.25) is 52.7 Å². The first kappa shape index (κ1) is 68.4. The lowest BCUT2D eigenvalue weighted by atomic mass is 9.98. The number of ketones is 1. The van der Waals surface area contributed by atoms with Crippen molar-refractivity contribution in [3.8, 4) is 11.5 Å². The maximum absolute atomic E-state index is 15.1. The Kier molecular flexibility index (Phi) is 20.5. The molecule has 1 aliphatic carbocycles. The number of fused-ring (bicyclic) bond motifs is 4. The fourth-order valence-electron chi connectivity index (χ4n) is 11.8. The Morgan fingerprint density at radius 3 is 1.72 bits per heavy atom. The molecule has 29 heteroatoms. The molecule has 0 saturated carbocycles. The van der Waals surface area contributed by atoms with Gasteiger partial charge in [0, 0.05) is 46.2 Å². The van der Waals surface area contributed by atoms with Gasteiger partial charge in [-0.2, -0.15) is 0 Å². The second-order valence-electron chi connectivity index (χ2n) is 25.1. The van der Waals surface area contributed by atoms with E-state index in [-0.39, 0.29) is 40.8 Å². The zero-order valence-corrected chi connectivity index (χ0v) is 53.6. The minimum atomic E-state index is -1.95. The van der Waals surface area contributed by atoms with Gasteiger partial charge in [0.1, 0.15) is 71.8 Å². The molecule has 6 N–H and O–H groups in total. The number of esters is 2. The maximum Gasteiger partial charge on any atom is 0.329 e. The Morgan fingerprint density at radius 2 is 1.17 bits per heavy atom. The number of aryl methyl sites for hydroxylation is 1. The van der Waals surface area contributed by atoms with Gasteiger partial charge >= 0.3 is 11.9 Å². The molecule has 1 aromatic carbocycles. The van der Waals surface area contributed by atoms with E-state index in [1.807, 2.05) is 0 Å². The van der Waals surface area contributed by atoms with Crippen LogP contribution in [0.2, 0.25) is 0 Å². The van der Waals surface area contributed by atoms with Gasteiger partial charge in [-0.3, -0.25) is 57.5 Å². The van der Waals surface area contributed by atoms with Gasteiger partial charge in [0.25, 0.3) is 11.8 Å². The summed E-state index contributed by atoms with van der Waals surface area (Å²) in [5.74, 6) is -13.3. The zero-order chi connectivity index (χ0) is 67.1. The number of carbonyl (C=O) groups is 13. The summed E-state index contributed by atoms with van der Waals surface area (Å²) in [6.07, 6.45) is -2.85. The van der Waals surface area contributed by atoms with Crippen molar-refractivity contribution in [3.05, 3.63) is 44.6 Å². The number of benzene rings is 2. The highest BCUT2D eigenvalue weighted by molar-refractivity contribution is 6.11. The molecule has 0 aromatic heterocycles. The van der Waals surface area contributed by atoms with E-state index >= 15 is 9.59 Å². The zero-order valence-electron chi connectivity index (χ0n) is 53.6. The summed E-state index contributed by atoms with van der Waals surface area (Å²) in [6, 6.07) is -9.16. The molecular weight excluding hydrogens is 1170 g/mol. The lowest BCUT2D eigenvalue weighted by Crippen LogP contribution is -2.62. The van der Waals surface area contributed by atoms with Crippen LogP contribution in [-0.2, 0) is 62.2 Å². The molecule has 11 atom stereocenters. The summed E-state index contributed by atoms with van der Waals surface area (Å²) in [5, 5.41) is 10.5. The van der Waals surface area contributed by atoms with E-state index in [2.05, 4.69) is 21.3 Å². The first-order valence-corrected chi connectivity index (χ1v) is 30.0. The number of aromatic nitrogens is 1. The number of nitrogens with zero attached hydrogens (tertiary/aromatic N) is 7. The predicted molar refractivity (Wildman–Crippen MR) is 321 cm³/mol. The Bertz CT molecular complexity index is 3490. The van der Waals surface area contributed by atoms with Gasteiger partial charge in [-0.1, -0.05) is 47.6 Å². The van der Waals surface area contributed by atoms with Gasteiger partial charge < -0.3 is 70.3 Å². The smallest absolute Gasteiger partial charge is 0.329 e. The van der Waals surface area contributed by atoms with Gasteiger partial charge in [0.15, 0.2) is 17.1 Å². The summed E-state index contributed by atoms with van der Waals surface area (Å²) in [7, 11) is 5.36. The van der Waals surface area contributed by atoms with Crippen LogP contribution in [0, 0.1) is 31.6 Å². The Labute approximate surface area is 520 Å². The molecule has 5 heterocycles. The Balaban J connectivity index is 1.32. The third-order valence-corrected chi connectivity index (χ3v) is 17.4. The highest BCUT2D eigenvalue weighted by Gasteiger charge is 2.48. The van der Waals surface area contributed by atoms with Crippen LogP contribution in [0.5, 0.6) is 0 Å². The lowest BCUT2D eigenvalue weighted by molar-refractivity contribution is -0.163. The molecule has 29 nitrogen and oxygen atoms in total. The van der Waals surface area contributed by atoms with E-state index in [0.29, 0.717) is 12.0 Å². The molecule has 4 fully saturated rings. The van der Waals surface area contributed by atoms with E-state index in [9.17, 15) is 57.5 Å². The van der Waals surface area contributed by atoms with Gasteiger partial charge in [0.05, 0.1) is 36.4 Å². The normalized spacial score (nSPS) is 27.0. The average molecular weight is 1260 g/mol. The van der Waals surface area contributed by atoms with Crippen molar-refractivity contribution in [3.63, 3.8) is 0 Å². The molecule has 0 spiro atoms. The number of Topliss-reactive ketones (excluding diaryl/α,β-unsaturated/α-hetero) is 1. The maximum atomic E-state index is 15.1. The van der Waals surface area contributed by atoms with Gasteiger partial charge in [-0.25, -0.2) is 14.6 Å². The number of likely N-dealkylation sites (N-methyl/N-ethyl adjacent to an activating group) is 4. The highest BCUT2D eigenvalue weighted by Crippen LogP contribution is 2.35. The fraction of sp³-hybridized carbons (Fsp3) is 0.590. The Morgan fingerprint density at radius 1 is 0.644 bits per heavy atom. The third kappa shape index (κ3) is 13.4. The van der Waals surface area contributed by atoms with Crippen LogP contribution < -0.4 is 32.4 Å². The van der Waals surface area contributed by atoms with Crippen LogP contribution in [0.3, 0.4) is 0 Å². The van der Waals surface area contributed by atoms with Crippen LogP contribution in [0.25, 0.3) is 22.6 Å². The number of nitrogen functional groups attached to an aromatic ring is 1. The number of nitrogens with one attached hydrogen (secondary N) is 4. The monoisotopic (exact) mass is 1250 g/mol. The molecule has 11 unspecified atom stereocenters. The highest BCUT2D eigenvalue weighted by atomic mass is 16.6. The Hall–Kier alpha value is -9.05. The van der Waals surface area contributed by atoms with Crippen molar-refractivity contribution in [2.45, 2.75) is 169 Å². The fourth-order valence-corrected chi connectivity index (χ4v) is 11.8. The number of carbonyl (C=O) groups excluding carboxylic acids is 13. The number of cyclic esters (lactones) is 2. The topological polar surface area (TPSA) is 377 Å². The van der Waals surface area contributed by atoms with Crippen molar-refractivity contribution in [1.82, 2.24) is 55.7 Å². The predicted octanol–water partition coefficient (Wildman–Crippen LogP) is -0.343. The molecular formula is C61H82N12O17. The largest absolute Gasteiger partial charge is 0.458 e. The summed E-state index contributed by atoms with van der Waals surface area (Å²) >= 11 is 0.